The molecule has 0 saturated carbocycles. The van der Waals surface area contributed by atoms with Crippen molar-refractivity contribution < 1.29 is 0 Å². The Bertz CT molecular complexity index is 406. The summed E-state index contributed by atoms with van der Waals surface area (Å²) in [7, 11) is 0. The van der Waals surface area contributed by atoms with Crippen molar-refractivity contribution in [3.63, 3.8) is 0 Å². The first-order valence-corrected chi connectivity index (χ1v) is 5.34. The average Bonchev–Trinajstić information content (AvgIpc) is 2.50. The molecule has 0 aliphatic carbocycles. The topological polar surface area (TPSA) is 28.7 Å². The molecule has 2 aromatic heterocycles. The highest BCUT2D eigenvalue weighted by Gasteiger charge is 2.15. The van der Waals surface area contributed by atoms with Crippen LogP contribution in [0.4, 0.5) is 0 Å². The summed E-state index contributed by atoms with van der Waals surface area (Å²) >= 11 is 1.72. The summed E-state index contributed by atoms with van der Waals surface area (Å²) in [5.41, 5.74) is 4.67. The number of rotatable bonds is 1. The van der Waals surface area contributed by atoms with Crippen molar-refractivity contribution in [3.8, 4) is 0 Å². The second-order valence-electron chi connectivity index (χ2n) is 4.58. The summed E-state index contributed by atoms with van der Waals surface area (Å²) in [6.45, 7) is 6.77. The molecule has 0 amide bonds. The molecule has 0 aliphatic heterocycles. The molecule has 13 heavy (non-hydrogen) atoms. The number of fused-ring (bicyclic) bond motifs is 1. The third-order valence-electron chi connectivity index (χ3n) is 1.96. The Labute approximate surface area is 82.0 Å². The van der Waals surface area contributed by atoms with Crippen LogP contribution in [0.1, 0.15) is 26.3 Å². The lowest BCUT2D eigenvalue weighted by Crippen LogP contribution is -2.08. The lowest BCUT2D eigenvalue weighted by atomic mass is 9.89. The van der Waals surface area contributed by atoms with E-state index in [4.69, 9.17) is 0 Å². The first kappa shape index (κ1) is 8.75. The van der Waals surface area contributed by atoms with Crippen molar-refractivity contribution in [1.82, 2.24) is 9.97 Å². The average molecular weight is 194 g/mol. The number of nitrogens with one attached hydrogen (secondary N) is 1. The maximum absolute atomic E-state index is 4.23. The Morgan fingerprint density at radius 2 is 2.23 bits per heavy atom. The van der Waals surface area contributed by atoms with Gasteiger partial charge in [0.1, 0.15) is 5.65 Å². The van der Waals surface area contributed by atoms with E-state index in [-0.39, 0.29) is 0 Å². The van der Waals surface area contributed by atoms with Crippen molar-refractivity contribution in [2.24, 2.45) is 5.41 Å². The van der Waals surface area contributed by atoms with Crippen molar-refractivity contribution >= 4 is 21.7 Å². The summed E-state index contributed by atoms with van der Waals surface area (Å²) in [6, 6.07) is 0. The van der Waals surface area contributed by atoms with Crippen molar-refractivity contribution in [3.05, 3.63) is 17.3 Å². The quantitative estimate of drug-likeness (QED) is 0.742. The van der Waals surface area contributed by atoms with E-state index in [1.807, 2.05) is 5.51 Å². The lowest BCUT2D eigenvalue weighted by molar-refractivity contribution is 0.413. The Morgan fingerprint density at radius 3 is 2.92 bits per heavy atom. The van der Waals surface area contributed by atoms with Crippen LogP contribution in [0.15, 0.2) is 11.7 Å². The van der Waals surface area contributed by atoms with Gasteiger partial charge in [0, 0.05) is 6.20 Å². The molecule has 0 bridgehead atoms. The first-order chi connectivity index (χ1) is 6.06. The monoisotopic (exact) mass is 194 g/mol. The molecule has 2 nitrogen and oxygen atoms in total. The van der Waals surface area contributed by atoms with Gasteiger partial charge in [0.05, 0.1) is 10.2 Å². The van der Waals surface area contributed by atoms with Gasteiger partial charge in [-0.15, -0.1) is 11.3 Å². The SMILES string of the molecule is CC(C)(C)Cc1c[nH]c2ncsc12. The van der Waals surface area contributed by atoms with Crippen molar-refractivity contribution in [2.45, 2.75) is 27.2 Å². The van der Waals surface area contributed by atoms with Crippen LogP contribution in [-0.4, -0.2) is 9.97 Å². The number of hydrogen-bond acceptors (Lipinski definition) is 2. The van der Waals surface area contributed by atoms with Gasteiger partial charge in [-0.05, 0) is 17.4 Å². The molecule has 2 rings (SSSR count). The van der Waals surface area contributed by atoms with Gasteiger partial charge in [-0.25, -0.2) is 4.98 Å². The molecular weight excluding hydrogens is 180 g/mol. The van der Waals surface area contributed by atoms with E-state index in [2.05, 4.69) is 36.9 Å². The second kappa shape index (κ2) is 2.84. The van der Waals surface area contributed by atoms with Crippen LogP contribution in [0, 0.1) is 5.41 Å². The van der Waals surface area contributed by atoms with Gasteiger partial charge in [0.15, 0.2) is 0 Å². The van der Waals surface area contributed by atoms with Gasteiger partial charge in [-0.1, -0.05) is 20.8 Å². The molecule has 0 spiro atoms. The highest BCUT2D eigenvalue weighted by atomic mass is 32.1. The first-order valence-electron chi connectivity index (χ1n) is 4.46. The molecule has 1 N–H and O–H groups in total. The Kier molecular flexibility index (Phi) is 1.91. The van der Waals surface area contributed by atoms with Crippen LogP contribution in [-0.2, 0) is 6.42 Å². The van der Waals surface area contributed by atoms with Gasteiger partial charge in [0.25, 0.3) is 0 Å². The van der Waals surface area contributed by atoms with E-state index in [1.54, 1.807) is 11.3 Å². The molecular formula is C10H14N2S. The van der Waals surface area contributed by atoms with E-state index in [9.17, 15) is 0 Å². The largest absolute Gasteiger partial charge is 0.345 e. The zero-order valence-electron chi connectivity index (χ0n) is 8.22. The molecule has 0 unspecified atom stereocenters. The van der Waals surface area contributed by atoms with Gasteiger partial charge < -0.3 is 4.98 Å². The zero-order valence-corrected chi connectivity index (χ0v) is 9.03. The number of nitrogens with zero attached hydrogens (tertiary/aromatic N) is 1. The predicted molar refractivity (Wildman–Crippen MR) is 57.1 cm³/mol. The number of H-pyrrole nitrogens is 1. The number of thiazole rings is 1. The number of hydrogen-bond donors (Lipinski definition) is 1. The standard InChI is InChI=1S/C10H14N2S/c1-10(2,3)4-7-5-11-9-8(7)13-6-12-9/h5-6,11H,4H2,1-3H3. The smallest absolute Gasteiger partial charge is 0.148 e. The van der Waals surface area contributed by atoms with Crippen LogP contribution in [0.3, 0.4) is 0 Å². The van der Waals surface area contributed by atoms with Crippen LogP contribution in [0.25, 0.3) is 10.3 Å². The Hall–Kier alpha value is -0.830. The maximum atomic E-state index is 4.23. The van der Waals surface area contributed by atoms with Crippen molar-refractivity contribution in [1.29, 1.82) is 0 Å². The fourth-order valence-corrected chi connectivity index (χ4v) is 2.27. The molecule has 3 heteroatoms. The van der Waals surface area contributed by atoms with Gasteiger partial charge >= 0.3 is 0 Å². The molecule has 2 heterocycles. The lowest BCUT2D eigenvalue weighted by Gasteiger charge is -2.16. The van der Waals surface area contributed by atoms with E-state index in [0.29, 0.717) is 5.41 Å². The predicted octanol–water partition coefficient (Wildman–Crippen LogP) is 3.21. The molecule has 0 aromatic carbocycles. The molecule has 2 aromatic rings. The second-order valence-corrected chi connectivity index (χ2v) is 5.44. The highest BCUT2D eigenvalue weighted by molar-refractivity contribution is 7.16. The number of aromatic nitrogens is 2. The third-order valence-corrected chi connectivity index (χ3v) is 2.87. The highest BCUT2D eigenvalue weighted by Crippen LogP contribution is 2.28. The molecule has 70 valence electrons. The van der Waals surface area contributed by atoms with Gasteiger partial charge in [-0.3, -0.25) is 0 Å². The van der Waals surface area contributed by atoms with Crippen LogP contribution in [0.2, 0.25) is 0 Å². The van der Waals surface area contributed by atoms with E-state index < -0.39 is 0 Å². The molecule has 0 aliphatic rings. The van der Waals surface area contributed by atoms with Crippen molar-refractivity contribution in [2.75, 3.05) is 0 Å². The van der Waals surface area contributed by atoms with E-state index in [0.717, 1.165) is 12.1 Å². The maximum Gasteiger partial charge on any atom is 0.148 e. The van der Waals surface area contributed by atoms with E-state index >= 15 is 0 Å². The van der Waals surface area contributed by atoms with Crippen LogP contribution in [0.5, 0.6) is 0 Å². The summed E-state index contributed by atoms with van der Waals surface area (Å²) < 4.78 is 1.31. The summed E-state index contributed by atoms with van der Waals surface area (Å²) in [5.74, 6) is 0. The zero-order chi connectivity index (χ0) is 9.47. The minimum atomic E-state index is 0.346. The fraction of sp³-hybridized carbons (Fsp3) is 0.500. The summed E-state index contributed by atoms with van der Waals surface area (Å²) in [5, 5.41) is 0. The molecule has 0 saturated heterocycles. The van der Waals surface area contributed by atoms with Gasteiger partial charge in [0.2, 0.25) is 0 Å². The molecule has 0 atom stereocenters. The summed E-state index contributed by atoms with van der Waals surface area (Å²) in [4.78, 5) is 7.42. The minimum absolute atomic E-state index is 0.346. The number of aromatic amines is 1. The summed E-state index contributed by atoms with van der Waals surface area (Å²) in [6.07, 6.45) is 3.19. The molecule has 0 radical (unpaired) electrons. The minimum Gasteiger partial charge on any atom is -0.345 e. The van der Waals surface area contributed by atoms with E-state index in [1.165, 1.54) is 10.3 Å². The fourth-order valence-electron chi connectivity index (χ4n) is 1.50. The Morgan fingerprint density at radius 1 is 1.46 bits per heavy atom. The molecule has 0 fully saturated rings. The van der Waals surface area contributed by atoms with Crippen LogP contribution >= 0.6 is 11.3 Å². The van der Waals surface area contributed by atoms with Gasteiger partial charge in [-0.2, -0.15) is 0 Å². The van der Waals surface area contributed by atoms with Crippen LogP contribution < -0.4 is 0 Å². The third kappa shape index (κ3) is 1.75. The Balaban J connectivity index is 2.38. The normalized spacial score (nSPS) is 12.5.